The second-order valence-electron chi connectivity index (χ2n) is 6.17. The van der Waals surface area contributed by atoms with Gasteiger partial charge in [-0.05, 0) is 18.4 Å². The predicted molar refractivity (Wildman–Crippen MR) is 90.2 cm³/mol. The highest BCUT2D eigenvalue weighted by Gasteiger charge is 2.26. The quantitative estimate of drug-likeness (QED) is 0.883. The Morgan fingerprint density at radius 2 is 2.04 bits per heavy atom. The maximum atomic E-state index is 12.7. The van der Waals surface area contributed by atoms with E-state index in [-0.39, 0.29) is 6.03 Å². The molecule has 1 heterocycles. The molecule has 0 atom stereocenters. The van der Waals surface area contributed by atoms with Crippen LogP contribution >= 0.6 is 0 Å². The summed E-state index contributed by atoms with van der Waals surface area (Å²) in [6.45, 7) is 2.88. The Morgan fingerprint density at radius 3 is 2.71 bits per heavy atom. The third kappa shape index (κ3) is 4.13. The Morgan fingerprint density at radius 1 is 1.29 bits per heavy atom. The molecular weight excluding hydrogens is 304 g/mol. The molecule has 3 rings (SSSR count). The molecular formula is C18H24N4O2. The van der Waals surface area contributed by atoms with Crippen LogP contribution in [0.4, 0.5) is 4.79 Å². The number of hydrogen-bond acceptors (Lipinski definition) is 4. The Labute approximate surface area is 142 Å². The molecule has 0 aliphatic heterocycles. The Hall–Kier alpha value is -2.37. The van der Waals surface area contributed by atoms with Gasteiger partial charge in [0, 0.05) is 19.0 Å². The van der Waals surface area contributed by atoms with E-state index in [4.69, 9.17) is 4.52 Å². The van der Waals surface area contributed by atoms with Gasteiger partial charge in [-0.15, -0.1) is 0 Å². The van der Waals surface area contributed by atoms with Crippen LogP contribution in [0.5, 0.6) is 0 Å². The van der Waals surface area contributed by atoms with E-state index in [2.05, 4.69) is 27.6 Å². The summed E-state index contributed by atoms with van der Waals surface area (Å²) < 4.78 is 5.08. The van der Waals surface area contributed by atoms with Crippen LogP contribution in [-0.4, -0.2) is 27.1 Å². The fraction of sp³-hybridized carbons (Fsp3) is 0.500. The molecule has 1 N–H and O–H groups in total. The lowest BCUT2D eigenvalue weighted by molar-refractivity contribution is 0.170. The number of rotatable bonds is 6. The summed E-state index contributed by atoms with van der Waals surface area (Å²) in [5, 5.41) is 6.82. The van der Waals surface area contributed by atoms with Gasteiger partial charge in [-0.2, -0.15) is 4.98 Å². The first kappa shape index (κ1) is 16.5. The zero-order valence-electron chi connectivity index (χ0n) is 14.1. The van der Waals surface area contributed by atoms with Crippen LogP contribution in [0.15, 0.2) is 34.9 Å². The molecule has 1 saturated carbocycles. The van der Waals surface area contributed by atoms with Crippen molar-refractivity contribution in [1.29, 1.82) is 0 Å². The first-order valence-corrected chi connectivity index (χ1v) is 8.66. The Kier molecular flexibility index (Phi) is 5.46. The minimum Gasteiger partial charge on any atom is -0.339 e. The van der Waals surface area contributed by atoms with Gasteiger partial charge in [0.2, 0.25) is 5.89 Å². The number of benzene rings is 1. The average molecular weight is 328 g/mol. The van der Waals surface area contributed by atoms with E-state index in [9.17, 15) is 4.79 Å². The molecule has 0 radical (unpaired) electrons. The second-order valence-corrected chi connectivity index (χ2v) is 6.17. The lowest BCUT2D eigenvalue weighted by Crippen LogP contribution is -2.44. The third-order valence-corrected chi connectivity index (χ3v) is 4.43. The summed E-state index contributed by atoms with van der Waals surface area (Å²) in [4.78, 5) is 18.9. The topological polar surface area (TPSA) is 71.3 Å². The van der Waals surface area contributed by atoms with Crippen molar-refractivity contribution < 1.29 is 9.32 Å². The van der Waals surface area contributed by atoms with Crippen LogP contribution in [0.2, 0.25) is 0 Å². The molecule has 0 unspecified atom stereocenters. The zero-order valence-corrected chi connectivity index (χ0v) is 14.1. The van der Waals surface area contributed by atoms with E-state index in [1.54, 1.807) is 0 Å². The van der Waals surface area contributed by atoms with E-state index in [1.807, 2.05) is 30.0 Å². The summed E-state index contributed by atoms with van der Waals surface area (Å²) in [6.07, 6.45) is 5.22. The van der Waals surface area contributed by atoms with Gasteiger partial charge in [-0.25, -0.2) is 4.79 Å². The van der Waals surface area contributed by atoms with Crippen molar-refractivity contribution in [2.45, 2.75) is 58.2 Å². The number of aryl methyl sites for hydroxylation is 1. The number of carbonyl (C=O) groups excluding carboxylic acids is 1. The SMILES string of the molecule is CCc1nc(CNC(=O)N(Cc2ccccc2)C2CCCC2)no1. The molecule has 6 nitrogen and oxygen atoms in total. The minimum atomic E-state index is -0.0615. The van der Waals surface area contributed by atoms with Gasteiger partial charge in [0.1, 0.15) is 0 Å². The number of urea groups is 1. The second kappa shape index (κ2) is 7.95. The van der Waals surface area contributed by atoms with E-state index in [0.29, 0.717) is 37.3 Å². The summed E-state index contributed by atoms with van der Waals surface area (Å²) in [5.41, 5.74) is 1.15. The third-order valence-electron chi connectivity index (χ3n) is 4.43. The number of hydrogen-bond donors (Lipinski definition) is 1. The smallest absolute Gasteiger partial charge is 0.318 e. The molecule has 0 bridgehead atoms. The van der Waals surface area contributed by atoms with E-state index in [1.165, 1.54) is 12.8 Å². The fourth-order valence-electron chi connectivity index (χ4n) is 3.12. The highest BCUT2D eigenvalue weighted by atomic mass is 16.5. The van der Waals surface area contributed by atoms with Crippen molar-refractivity contribution >= 4 is 6.03 Å². The van der Waals surface area contributed by atoms with Crippen LogP contribution in [0.1, 0.15) is 49.9 Å². The number of nitrogens with zero attached hydrogens (tertiary/aromatic N) is 3. The van der Waals surface area contributed by atoms with E-state index in [0.717, 1.165) is 18.4 Å². The van der Waals surface area contributed by atoms with Crippen molar-refractivity contribution in [2.75, 3.05) is 0 Å². The van der Waals surface area contributed by atoms with Crippen molar-refractivity contribution in [3.63, 3.8) is 0 Å². The Bertz CT molecular complexity index is 650. The maximum Gasteiger partial charge on any atom is 0.318 e. The minimum absolute atomic E-state index is 0.0615. The summed E-state index contributed by atoms with van der Waals surface area (Å²) in [5.74, 6) is 1.11. The molecule has 128 valence electrons. The number of nitrogens with one attached hydrogen (secondary N) is 1. The summed E-state index contributed by atoms with van der Waals surface area (Å²) in [6, 6.07) is 10.4. The van der Waals surface area contributed by atoms with Crippen LogP contribution in [0, 0.1) is 0 Å². The molecule has 0 saturated heterocycles. The van der Waals surface area contributed by atoms with Crippen LogP contribution in [-0.2, 0) is 19.5 Å². The number of carbonyl (C=O) groups is 1. The molecule has 2 amide bonds. The van der Waals surface area contributed by atoms with Gasteiger partial charge in [0.15, 0.2) is 5.82 Å². The zero-order chi connectivity index (χ0) is 16.8. The number of amides is 2. The first-order valence-electron chi connectivity index (χ1n) is 8.66. The summed E-state index contributed by atoms with van der Waals surface area (Å²) in [7, 11) is 0. The molecule has 24 heavy (non-hydrogen) atoms. The largest absolute Gasteiger partial charge is 0.339 e. The molecule has 1 aliphatic rings. The lowest BCUT2D eigenvalue weighted by Gasteiger charge is -2.29. The molecule has 1 aromatic carbocycles. The number of aromatic nitrogens is 2. The van der Waals surface area contributed by atoms with Gasteiger partial charge in [0.25, 0.3) is 0 Å². The van der Waals surface area contributed by atoms with Gasteiger partial charge in [0.05, 0.1) is 6.54 Å². The lowest BCUT2D eigenvalue weighted by atomic mass is 10.1. The summed E-state index contributed by atoms with van der Waals surface area (Å²) >= 11 is 0. The van der Waals surface area contributed by atoms with Gasteiger partial charge in [-0.3, -0.25) is 0 Å². The Balaban J connectivity index is 1.64. The first-order chi connectivity index (χ1) is 11.8. The van der Waals surface area contributed by atoms with Crippen LogP contribution in [0.25, 0.3) is 0 Å². The van der Waals surface area contributed by atoms with E-state index >= 15 is 0 Å². The molecule has 1 aromatic heterocycles. The standard InChI is InChI=1S/C18H24N4O2/c1-2-17-20-16(21-24-17)12-19-18(23)22(15-10-6-7-11-15)13-14-8-4-3-5-9-14/h3-5,8-9,15H,2,6-7,10-13H2,1H3,(H,19,23). The molecule has 1 fully saturated rings. The van der Waals surface area contributed by atoms with Gasteiger partial charge in [-0.1, -0.05) is 55.3 Å². The average Bonchev–Trinajstić information content (AvgIpc) is 3.30. The van der Waals surface area contributed by atoms with Crippen molar-refractivity contribution in [3.8, 4) is 0 Å². The van der Waals surface area contributed by atoms with Crippen LogP contribution in [0.3, 0.4) is 0 Å². The highest BCUT2D eigenvalue weighted by molar-refractivity contribution is 5.74. The monoisotopic (exact) mass is 328 g/mol. The maximum absolute atomic E-state index is 12.7. The molecule has 6 heteroatoms. The van der Waals surface area contributed by atoms with E-state index < -0.39 is 0 Å². The molecule has 0 spiro atoms. The van der Waals surface area contributed by atoms with Gasteiger partial charge < -0.3 is 14.7 Å². The van der Waals surface area contributed by atoms with Gasteiger partial charge >= 0.3 is 6.03 Å². The highest BCUT2D eigenvalue weighted by Crippen LogP contribution is 2.25. The van der Waals surface area contributed by atoms with Crippen molar-refractivity contribution in [1.82, 2.24) is 20.4 Å². The van der Waals surface area contributed by atoms with Crippen molar-refractivity contribution in [3.05, 3.63) is 47.6 Å². The van der Waals surface area contributed by atoms with Crippen molar-refractivity contribution in [2.24, 2.45) is 0 Å². The van der Waals surface area contributed by atoms with Crippen LogP contribution < -0.4 is 5.32 Å². The molecule has 2 aromatic rings. The fourth-order valence-corrected chi connectivity index (χ4v) is 3.12. The molecule has 1 aliphatic carbocycles. The predicted octanol–water partition coefficient (Wildman–Crippen LogP) is 3.29. The normalized spacial score (nSPS) is 14.7.